The Morgan fingerprint density at radius 2 is 0.430 bits per heavy atom. The molecule has 0 N–H and O–H groups in total. The number of hydrogen-bond donors (Lipinski definition) is 0. The van der Waals surface area contributed by atoms with E-state index in [4.69, 9.17) is 79.2 Å². The van der Waals surface area contributed by atoms with Gasteiger partial charge in [-0.15, -0.1) is 11.3 Å². The first-order valence-electron chi connectivity index (χ1n) is 46.8. The van der Waals surface area contributed by atoms with Gasteiger partial charge in [-0.3, -0.25) is 0 Å². The summed E-state index contributed by atoms with van der Waals surface area (Å²) in [6.45, 7) is 0. The second kappa shape index (κ2) is 37.1. The first-order chi connectivity index (χ1) is 70.3. The van der Waals surface area contributed by atoms with Gasteiger partial charge in [-0.05, 0) is 70.1 Å². The number of fused-ring (bicyclic) bond motifs is 12. The van der Waals surface area contributed by atoms with Crippen molar-refractivity contribution in [3.05, 3.63) is 467 Å². The van der Waals surface area contributed by atoms with Gasteiger partial charge in [0.2, 0.25) is 0 Å². The zero-order chi connectivity index (χ0) is 94.2. The molecule has 0 atom stereocenters. The molecule has 0 saturated heterocycles. The summed E-state index contributed by atoms with van der Waals surface area (Å²) in [4.78, 5) is 74.7. The lowest BCUT2D eigenvalue weighted by molar-refractivity contribution is 0.669. The van der Waals surface area contributed by atoms with E-state index in [9.17, 15) is 0 Å². The van der Waals surface area contributed by atoms with E-state index >= 15 is 0 Å². The van der Waals surface area contributed by atoms with Gasteiger partial charge in [0.05, 0.1) is 39.2 Å². The Bertz CT molecular complexity index is 8920. The minimum atomic E-state index is 0.606. The number of thiophene rings is 1. The van der Waals surface area contributed by atoms with Crippen molar-refractivity contribution in [2.45, 2.75) is 0 Å². The zero-order valence-corrected chi connectivity index (χ0v) is 76.8. The quantitative estimate of drug-likeness (QED) is 0.0875. The maximum Gasteiger partial charge on any atom is 0.164 e. The minimum absolute atomic E-state index is 0.606. The van der Waals surface area contributed by atoms with Crippen molar-refractivity contribution in [3.8, 4) is 170 Å². The van der Waals surface area contributed by atoms with Gasteiger partial charge in [-0.25, -0.2) is 74.8 Å². The summed E-state index contributed by atoms with van der Waals surface area (Å²) in [6, 6.07) is 158. The molecular formula is C125H77N15OS. The van der Waals surface area contributed by atoms with Crippen LogP contribution in [0.15, 0.2) is 472 Å². The molecule has 664 valence electrons. The molecule has 142 heavy (non-hydrogen) atoms. The van der Waals surface area contributed by atoms with E-state index in [2.05, 4.69) is 200 Å². The highest BCUT2D eigenvalue weighted by Gasteiger charge is 2.24. The van der Waals surface area contributed by atoms with Crippen molar-refractivity contribution in [2.75, 3.05) is 0 Å². The summed E-state index contributed by atoms with van der Waals surface area (Å²) in [7, 11) is 0. The Hall–Kier alpha value is -19.2. The number of benzene rings is 19. The Morgan fingerprint density at radius 1 is 0.155 bits per heavy atom. The average molecular weight is 1840 g/mol. The maximum atomic E-state index is 6.34. The second-order valence-corrected chi connectivity index (χ2v) is 35.4. The summed E-state index contributed by atoms with van der Waals surface area (Å²) in [5.41, 5.74) is 21.1. The predicted octanol–water partition coefficient (Wildman–Crippen LogP) is 31.0. The van der Waals surface area contributed by atoms with Gasteiger partial charge in [0.15, 0.2) is 69.9 Å². The summed E-state index contributed by atoms with van der Waals surface area (Å²) in [5, 5.41) is 12.3. The van der Waals surface area contributed by atoms with Crippen molar-refractivity contribution in [1.82, 2.24) is 74.8 Å². The molecule has 8 aromatic heterocycles. The Balaban J connectivity index is 0.000000112. The lowest BCUT2D eigenvalue weighted by Crippen LogP contribution is -2.00. The van der Waals surface area contributed by atoms with Gasteiger partial charge in [-0.1, -0.05) is 419 Å². The number of para-hydroxylation sites is 5. The van der Waals surface area contributed by atoms with Crippen LogP contribution in [0.5, 0.6) is 0 Å². The number of aromatic nitrogens is 15. The normalized spacial score (nSPS) is 11.4. The van der Waals surface area contributed by atoms with Gasteiger partial charge < -0.3 is 4.42 Å². The molecule has 0 saturated carbocycles. The van der Waals surface area contributed by atoms with Crippen LogP contribution >= 0.6 is 11.3 Å². The molecule has 0 spiro atoms. The van der Waals surface area contributed by atoms with Gasteiger partial charge in [0.1, 0.15) is 11.2 Å². The maximum absolute atomic E-state index is 6.34. The topological polar surface area (TPSA) is 206 Å². The van der Waals surface area contributed by atoms with E-state index in [1.807, 2.05) is 267 Å². The van der Waals surface area contributed by atoms with E-state index in [-0.39, 0.29) is 0 Å². The fourth-order valence-corrected chi connectivity index (χ4v) is 19.7. The third-order valence-electron chi connectivity index (χ3n) is 25.5. The van der Waals surface area contributed by atoms with Crippen LogP contribution < -0.4 is 0 Å². The second-order valence-electron chi connectivity index (χ2n) is 34.3. The van der Waals surface area contributed by atoms with Crippen LogP contribution in [-0.4, -0.2) is 74.8 Å². The minimum Gasteiger partial charge on any atom is -0.455 e. The number of hydrogen-bond acceptors (Lipinski definition) is 17. The van der Waals surface area contributed by atoms with Gasteiger partial charge in [-0.2, -0.15) is 0 Å². The smallest absolute Gasteiger partial charge is 0.164 e. The Morgan fingerprint density at radius 3 is 0.824 bits per heavy atom. The van der Waals surface area contributed by atoms with Crippen LogP contribution in [0.1, 0.15) is 0 Å². The zero-order valence-electron chi connectivity index (χ0n) is 76.0. The Kier molecular flexibility index (Phi) is 22.1. The van der Waals surface area contributed by atoms with Crippen molar-refractivity contribution < 1.29 is 4.42 Å². The molecule has 0 aliphatic rings. The molecule has 0 aliphatic carbocycles. The highest BCUT2D eigenvalue weighted by Crippen LogP contribution is 2.44. The number of rotatable bonds is 15. The van der Waals surface area contributed by atoms with Crippen LogP contribution in [0.3, 0.4) is 0 Å². The largest absolute Gasteiger partial charge is 0.455 e. The van der Waals surface area contributed by atoms with Gasteiger partial charge in [0.25, 0.3) is 0 Å². The molecule has 0 fully saturated rings. The van der Waals surface area contributed by atoms with Crippen LogP contribution in [0.25, 0.3) is 267 Å². The molecule has 0 bridgehead atoms. The fraction of sp³-hybridized carbons (Fsp3) is 0. The molecule has 0 aliphatic heterocycles. The van der Waals surface area contributed by atoms with E-state index in [0.29, 0.717) is 64.1 Å². The van der Waals surface area contributed by atoms with Crippen molar-refractivity contribution in [3.63, 3.8) is 0 Å². The van der Waals surface area contributed by atoms with Gasteiger partial charge in [0, 0.05) is 125 Å². The standard InChI is InChI=1S/C43H27N5.C41H25N5O.C41H25N5S/c1-3-13-29(14-4-1)40-46-41(30-15-5-2-6-16-30)48-42(47-40)31-25-23-28(24-26-31)39-36-21-11-12-22-38(36)44-43(45-39)37-27-32-17-7-8-18-33(32)34-19-9-10-20-35(34)37;2*1-3-12-27(13-4-1)38-44-39(28-14-5-2-6-15-28)46-40(45-38)29-24-22-26(23-25-29)36-32-17-7-9-20-34(32)42-41(43-36)33-19-11-18-31-30-16-8-10-21-35(30)47-37(31)33/h1-27H;2*1-25H. The molecule has 19 aromatic carbocycles. The number of nitrogens with zero attached hydrogens (tertiary/aromatic N) is 15. The lowest BCUT2D eigenvalue weighted by atomic mass is 9.96. The molecule has 27 rings (SSSR count). The summed E-state index contributed by atoms with van der Waals surface area (Å²) in [5.74, 6) is 7.69. The van der Waals surface area contributed by atoms with E-state index in [0.717, 1.165) is 172 Å². The summed E-state index contributed by atoms with van der Waals surface area (Å²) < 4.78 is 8.80. The third-order valence-corrected chi connectivity index (χ3v) is 26.7. The van der Waals surface area contributed by atoms with E-state index < -0.39 is 0 Å². The van der Waals surface area contributed by atoms with Crippen LogP contribution in [-0.2, 0) is 0 Å². The van der Waals surface area contributed by atoms with Crippen LogP contribution in [0, 0.1) is 0 Å². The van der Waals surface area contributed by atoms with Crippen LogP contribution in [0.4, 0.5) is 0 Å². The molecule has 8 heterocycles. The van der Waals surface area contributed by atoms with Crippen LogP contribution in [0.2, 0.25) is 0 Å². The highest BCUT2D eigenvalue weighted by atomic mass is 32.1. The van der Waals surface area contributed by atoms with Crippen molar-refractivity contribution >= 4 is 108 Å². The van der Waals surface area contributed by atoms with E-state index in [1.165, 1.54) is 30.9 Å². The third kappa shape index (κ3) is 16.5. The highest BCUT2D eigenvalue weighted by molar-refractivity contribution is 7.26. The molecule has 0 amide bonds. The molecular weight excluding hydrogens is 1760 g/mol. The van der Waals surface area contributed by atoms with Gasteiger partial charge >= 0.3 is 0 Å². The lowest BCUT2D eigenvalue weighted by Gasteiger charge is -2.13. The van der Waals surface area contributed by atoms with E-state index in [1.54, 1.807) is 11.3 Å². The fourth-order valence-electron chi connectivity index (χ4n) is 18.5. The summed E-state index contributed by atoms with van der Waals surface area (Å²) in [6.07, 6.45) is 0. The molecule has 0 radical (unpaired) electrons. The predicted molar refractivity (Wildman–Crippen MR) is 575 cm³/mol. The first kappa shape index (κ1) is 84.5. The molecule has 16 nitrogen and oxygen atoms in total. The molecule has 0 unspecified atom stereocenters. The monoisotopic (exact) mass is 1840 g/mol. The summed E-state index contributed by atoms with van der Waals surface area (Å²) >= 11 is 1.79. The Labute approximate surface area is 818 Å². The van der Waals surface area contributed by atoms with Crippen molar-refractivity contribution in [2.24, 2.45) is 0 Å². The average Bonchev–Trinajstić information content (AvgIpc) is 1.65. The SMILES string of the molecule is c1ccc(-c2nc(-c3ccccc3)nc(-c3ccc(-c4nc(-c5cc6ccccc6c6ccccc56)nc5ccccc45)cc3)n2)cc1.c1ccc(-c2nc(-c3ccccc3)nc(-c3ccc(-c4nc(-c5cccc6c5oc5ccccc56)nc5ccccc45)cc3)n2)cc1.c1ccc(-c2nc(-c3ccccc3)nc(-c3ccc(-c4nc(-c5cccc6c5sc5ccccc56)nc5ccccc45)cc3)n2)cc1. The van der Waals surface area contributed by atoms with Crippen molar-refractivity contribution in [1.29, 1.82) is 0 Å². The first-order valence-corrected chi connectivity index (χ1v) is 47.6. The molecule has 17 heteroatoms. The molecule has 27 aromatic rings. The number of furan rings is 1.